The Labute approximate surface area is 114 Å². The van der Waals surface area contributed by atoms with Gasteiger partial charge in [0.1, 0.15) is 0 Å². The molecule has 0 unspecified atom stereocenters. The van der Waals surface area contributed by atoms with Crippen molar-refractivity contribution in [2.24, 2.45) is 0 Å². The molecular formula is C13H21BrO2Si. The molecular weight excluding hydrogens is 296 g/mol. The molecule has 0 heterocycles. The minimum Gasteiger partial charge on any atom is -0.396 e. The fourth-order valence-electron chi connectivity index (χ4n) is 1.48. The highest BCUT2D eigenvalue weighted by atomic mass is 79.9. The molecule has 0 spiro atoms. The average Bonchev–Trinajstić information content (AvgIpc) is 2.35. The van der Waals surface area contributed by atoms with Crippen LogP contribution in [0.5, 0.6) is 0 Å². The molecule has 0 N–H and O–H groups in total. The van der Waals surface area contributed by atoms with Crippen LogP contribution in [0.4, 0.5) is 0 Å². The van der Waals surface area contributed by atoms with Gasteiger partial charge in [-0.15, -0.1) is 0 Å². The summed E-state index contributed by atoms with van der Waals surface area (Å²) in [6, 6.07) is 9.36. The van der Waals surface area contributed by atoms with Gasteiger partial charge in [-0.05, 0) is 30.5 Å². The SMILES string of the molecule is CCCO[SiH](Cc1ccc(Br)cc1)OCCC. The van der Waals surface area contributed by atoms with E-state index in [0.717, 1.165) is 36.6 Å². The topological polar surface area (TPSA) is 18.5 Å². The minimum atomic E-state index is -1.53. The number of hydrogen-bond donors (Lipinski definition) is 0. The summed E-state index contributed by atoms with van der Waals surface area (Å²) in [4.78, 5) is 0. The van der Waals surface area contributed by atoms with Crippen molar-refractivity contribution >= 4 is 25.2 Å². The van der Waals surface area contributed by atoms with Gasteiger partial charge in [0.05, 0.1) is 0 Å². The first-order valence-electron chi connectivity index (χ1n) is 6.24. The lowest BCUT2D eigenvalue weighted by atomic mass is 10.2. The van der Waals surface area contributed by atoms with Crippen LogP contribution in [0.1, 0.15) is 32.3 Å². The smallest absolute Gasteiger partial charge is 0.325 e. The van der Waals surface area contributed by atoms with Crippen LogP contribution >= 0.6 is 15.9 Å². The summed E-state index contributed by atoms with van der Waals surface area (Å²) in [5.41, 5.74) is 1.30. The average molecular weight is 317 g/mol. The van der Waals surface area contributed by atoms with Gasteiger partial charge in [-0.2, -0.15) is 0 Å². The largest absolute Gasteiger partial charge is 0.396 e. The van der Waals surface area contributed by atoms with E-state index < -0.39 is 9.28 Å². The molecule has 4 heteroatoms. The molecule has 0 saturated carbocycles. The van der Waals surface area contributed by atoms with Crippen LogP contribution in [-0.4, -0.2) is 22.5 Å². The van der Waals surface area contributed by atoms with E-state index in [0.29, 0.717) is 0 Å². The highest BCUT2D eigenvalue weighted by Crippen LogP contribution is 2.12. The van der Waals surface area contributed by atoms with Crippen LogP contribution in [-0.2, 0) is 14.9 Å². The van der Waals surface area contributed by atoms with Gasteiger partial charge in [-0.25, -0.2) is 0 Å². The molecule has 0 atom stereocenters. The Morgan fingerprint density at radius 3 is 2.00 bits per heavy atom. The molecule has 1 rings (SSSR count). The third-order valence-electron chi connectivity index (χ3n) is 2.33. The first-order chi connectivity index (χ1) is 8.26. The second-order valence-corrected chi connectivity index (χ2v) is 6.85. The molecule has 0 bridgehead atoms. The maximum Gasteiger partial charge on any atom is 0.325 e. The Morgan fingerprint density at radius 1 is 1.00 bits per heavy atom. The second kappa shape index (κ2) is 8.86. The summed E-state index contributed by atoms with van der Waals surface area (Å²) in [5, 5.41) is 0. The van der Waals surface area contributed by atoms with Gasteiger partial charge >= 0.3 is 9.28 Å². The van der Waals surface area contributed by atoms with Gasteiger partial charge in [0.15, 0.2) is 0 Å². The lowest BCUT2D eigenvalue weighted by Crippen LogP contribution is -2.27. The molecule has 0 amide bonds. The predicted octanol–water partition coefficient (Wildman–Crippen LogP) is 3.60. The Bertz CT molecular complexity index is 295. The molecule has 0 aliphatic heterocycles. The van der Waals surface area contributed by atoms with E-state index in [9.17, 15) is 0 Å². The second-order valence-electron chi connectivity index (χ2n) is 4.00. The molecule has 0 aromatic heterocycles. The van der Waals surface area contributed by atoms with Crippen molar-refractivity contribution in [2.75, 3.05) is 13.2 Å². The Balaban J connectivity index is 2.48. The van der Waals surface area contributed by atoms with Gasteiger partial charge in [0.2, 0.25) is 0 Å². The summed E-state index contributed by atoms with van der Waals surface area (Å²) >= 11 is 3.44. The van der Waals surface area contributed by atoms with Crippen molar-refractivity contribution in [3.05, 3.63) is 34.3 Å². The highest BCUT2D eigenvalue weighted by molar-refractivity contribution is 9.10. The molecule has 1 aromatic carbocycles. The molecule has 0 aliphatic rings. The van der Waals surface area contributed by atoms with E-state index in [1.54, 1.807) is 0 Å². The summed E-state index contributed by atoms with van der Waals surface area (Å²) < 4.78 is 12.8. The molecule has 0 fully saturated rings. The van der Waals surface area contributed by atoms with Gasteiger partial charge < -0.3 is 8.85 Å². The van der Waals surface area contributed by atoms with E-state index in [-0.39, 0.29) is 0 Å². The Kier molecular flexibility index (Phi) is 7.76. The molecule has 17 heavy (non-hydrogen) atoms. The third kappa shape index (κ3) is 6.36. The molecule has 0 aliphatic carbocycles. The van der Waals surface area contributed by atoms with Crippen molar-refractivity contribution in [1.82, 2.24) is 0 Å². The number of hydrogen-bond acceptors (Lipinski definition) is 2. The summed E-state index contributed by atoms with van der Waals surface area (Å²) in [7, 11) is -1.53. The van der Waals surface area contributed by atoms with Gasteiger partial charge in [0, 0.05) is 23.7 Å². The van der Waals surface area contributed by atoms with E-state index in [1.807, 2.05) is 0 Å². The lowest BCUT2D eigenvalue weighted by molar-refractivity contribution is 0.196. The van der Waals surface area contributed by atoms with Crippen molar-refractivity contribution < 1.29 is 8.85 Å². The van der Waals surface area contributed by atoms with Crippen molar-refractivity contribution in [2.45, 2.75) is 32.7 Å². The van der Waals surface area contributed by atoms with E-state index >= 15 is 0 Å². The lowest BCUT2D eigenvalue weighted by Gasteiger charge is -2.16. The minimum absolute atomic E-state index is 0.817. The molecule has 2 nitrogen and oxygen atoms in total. The fraction of sp³-hybridized carbons (Fsp3) is 0.538. The number of benzene rings is 1. The zero-order valence-corrected chi connectivity index (χ0v) is 13.4. The third-order valence-corrected chi connectivity index (χ3v) is 4.88. The van der Waals surface area contributed by atoms with Gasteiger partial charge in [0.25, 0.3) is 0 Å². The van der Waals surface area contributed by atoms with Crippen molar-refractivity contribution in [3.63, 3.8) is 0 Å². The molecule has 96 valence electrons. The maximum atomic E-state index is 5.83. The fourth-order valence-corrected chi connectivity index (χ4v) is 3.73. The van der Waals surface area contributed by atoms with Crippen LogP contribution in [0.25, 0.3) is 0 Å². The summed E-state index contributed by atoms with van der Waals surface area (Å²) in [5.74, 6) is 0. The van der Waals surface area contributed by atoms with Crippen LogP contribution in [0.15, 0.2) is 28.7 Å². The number of halogens is 1. The summed E-state index contributed by atoms with van der Waals surface area (Å²) in [6.07, 6.45) is 2.11. The van der Waals surface area contributed by atoms with Gasteiger partial charge in [-0.3, -0.25) is 0 Å². The van der Waals surface area contributed by atoms with E-state index in [1.165, 1.54) is 5.56 Å². The molecule has 0 radical (unpaired) electrons. The predicted molar refractivity (Wildman–Crippen MR) is 77.5 cm³/mol. The monoisotopic (exact) mass is 316 g/mol. The van der Waals surface area contributed by atoms with Crippen LogP contribution in [0, 0.1) is 0 Å². The van der Waals surface area contributed by atoms with Gasteiger partial charge in [-0.1, -0.05) is 41.9 Å². The maximum absolute atomic E-state index is 5.83. The Hall–Kier alpha value is -0.163. The number of rotatable bonds is 8. The molecule has 1 aromatic rings. The first-order valence-corrected chi connectivity index (χ1v) is 8.79. The van der Waals surface area contributed by atoms with Crippen molar-refractivity contribution in [3.8, 4) is 0 Å². The van der Waals surface area contributed by atoms with E-state index in [4.69, 9.17) is 8.85 Å². The Morgan fingerprint density at radius 2 is 1.53 bits per heavy atom. The highest BCUT2D eigenvalue weighted by Gasteiger charge is 2.13. The normalized spacial score (nSPS) is 11.1. The zero-order valence-electron chi connectivity index (χ0n) is 10.6. The van der Waals surface area contributed by atoms with E-state index in [2.05, 4.69) is 54.0 Å². The first kappa shape index (κ1) is 14.9. The van der Waals surface area contributed by atoms with Crippen LogP contribution in [0.3, 0.4) is 0 Å². The standard InChI is InChI=1S/C13H21BrO2Si/c1-3-9-15-17(16-10-4-2)11-12-5-7-13(14)8-6-12/h5-8,17H,3-4,9-11H2,1-2H3. The zero-order chi connectivity index (χ0) is 12.5. The summed E-state index contributed by atoms with van der Waals surface area (Å²) in [6.45, 7) is 5.89. The quantitative estimate of drug-likeness (QED) is 0.682. The molecule has 0 saturated heterocycles. The van der Waals surface area contributed by atoms with Crippen molar-refractivity contribution in [1.29, 1.82) is 0 Å². The van der Waals surface area contributed by atoms with Crippen LogP contribution in [0.2, 0.25) is 0 Å². The van der Waals surface area contributed by atoms with Crippen LogP contribution < -0.4 is 0 Å².